The number of hydrogen-bond donors (Lipinski definition) is 1. The van der Waals surface area contributed by atoms with E-state index in [1.165, 1.54) is 6.07 Å². The van der Waals surface area contributed by atoms with Crippen molar-refractivity contribution in [3.8, 4) is 11.5 Å². The Morgan fingerprint density at radius 1 is 1.15 bits per heavy atom. The molecule has 2 aromatic rings. The second-order valence-corrected chi connectivity index (χ2v) is 5.14. The van der Waals surface area contributed by atoms with Gasteiger partial charge >= 0.3 is 0 Å². The lowest BCUT2D eigenvalue weighted by molar-refractivity contribution is 0.441. The zero-order valence-electron chi connectivity index (χ0n) is 11.1. The molecule has 0 aliphatic heterocycles. The predicted molar refractivity (Wildman–Crippen MR) is 80.4 cm³/mol. The van der Waals surface area contributed by atoms with Crippen LogP contribution in [0.5, 0.6) is 11.5 Å². The van der Waals surface area contributed by atoms with Gasteiger partial charge in [-0.3, -0.25) is 0 Å². The zero-order chi connectivity index (χ0) is 14.7. The van der Waals surface area contributed by atoms with Crippen molar-refractivity contribution in [1.29, 1.82) is 0 Å². The van der Waals surface area contributed by atoms with E-state index in [1.54, 1.807) is 30.3 Å². The standard InChI is InChI=1S/C15H14Cl2FNO/c1-9(19-2)10-6-7-13(12(18)8-10)20-14-5-3-4-11(16)15(14)17/h3-9,19H,1-2H3. The van der Waals surface area contributed by atoms with Crippen LogP contribution < -0.4 is 10.1 Å². The molecule has 0 spiro atoms. The van der Waals surface area contributed by atoms with Crippen molar-refractivity contribution in [2.75, 3.05) is 7.05 Å². The highest BCUT2D eigenvalue weighted by Crippen LogP contribution is 2.35. The number of rotatable bonds is 4. The van der Waals surface area contributed by atoms with E-state index in [4.69, 9.17) is 27.9 Å². The Balaban J connectivity index is 2.28. The average Bonchev–Trinajstić information content (AvgIpc) is 2.45. The van der Waals surface area contributed by atoms with Gasteiger partial charge in [0.15, 0.2) is 11.6 Å². The van der Waals surface area contributed by atoms with E-state index in [9.17, 15) is 4.39 Å². The number of ether oxygens (including phenoxy) is 1. The van der Waals surface area contributed by atoms with Gasteiger partial charge < -0.3 is 10.1 Å². The van der Waals surface area contributed by atoms with Crippen LogP contribution in [0.2, 0.25) is 10.0 Å². The first kappa shape index (κ1) is 15.1. The summed E-state index contributed by atoms with van der Waals surface area (Å²) < 4.78 is 19.5. The van der Waals surface area contributed by atoms with Crippen LogP contribution in [0.3, 0.4) is 0 Å². The zero-order valence-corrected chi connectivity index (χ0v) is 12.6. The van der Waals surface area contributed by atoms with Gasteiger partial charge in [-0.25, -0.2) is 4.39 Å². The van der Waals surface area contributed by atoms with E-state index < -0.39 is 5.82 Å². The number of halogens is 3. The lowest BCUT2D eigenvalue weighted by Gasteiger charge is -2.13. The van der Waals surface area contributed by atoms with Crippen LogP contribution in [-0.4, -0.2) is 7.05 Å². The van der Waals surface area contributed by atoms with Crippen molar-refractivity contribution in [2.24, 2.45) is 0 Å². The summed E-state index contributed by atoms with van der Waals surface area (Å²) in [6.07, 6.45) is 0. The molecule has 1 atom stereocenters. The van der Waals surface area contributed by atoms with E-state index in [0.717, 1.165) is 5.56 Å². The van der Waals surface area contributed by atoms with Crippen LogP contribution in [0, 0.1) is 5.82 Å². The van der Waals surface area contributed by atoms with Crippen molar-refractivity contribution in [3.05, 3.63) is 57.8 Å². The third-order valence-corrected chi connectivity index (χ3v) is 3.83. The molecule has 20 heavy (non-hydrogen) atoms. The molecule has 106 valence electrons. The smallest absolute Gasteiger partial charge is 0.166 e. The molecule has 0 bridgehead atoms. The Bertz CT molecular complexity index is 619. The molecule has 2 aromatic carbocycles. The molecule has 0 aliphatic rings. The molecule has 0 fully saturated rings. The van der Waals surface area contributed by atoms with Gasteiger partial charge in [-0.15, -0.1) is 0 Å². The highest BCUT2D eigenvalue weighted by molar-refractivity contribution is 6.42. The summed E-state index contributed by atoms with van der Waals surface area (Å²) in [5.74, 6) is -0.00524. The minimum absolute atomic E-state index is 0.0632. The first-order valence-electron chi connectivity index (χ1n) is 6.11. The largest absolute Gasteiger partial charge is 0.453 e. The highest BCUT2D eigenvalue weighted by Gasteiger charge is 2.12. The lowest BCUT2D eigenvalue weighted by atomic mass is 10.1. The van der Waals surface area contributed by atoms with E-state index in [0.29, 0.717) is 10.8 Å². The van der Waals surface area contributed by atoms with Gasteiger partial charge in [0.25, 0.3) is 0 Å². The van der Waals surface area contributed by atoms with Crippen molar-refractivity contribution in [1.82, 2.24) is 5.32 Å². The Morgan fingerprint density at radius 2 is 1.90 bits per heavy atom. The second kappa shape index (κ2) is 6.44. The van der Waals surface area contributed by atoms with Crippen molar-refractivity contribution in [2.45, 2.75) is 13.0 Å². The normalized spacial score (nSPS) is 12.2. The number of hydrogen-bond acceptors (Lipinski definition) is 2. The minimum Gasteiger partial charge on any atom is -0.453 e. The molecule has 0 aliphatic carbocycles. The molecule has 0 saturated carbocycles. The fourth-order valence-corrected chi connectivity index (χ4v) is 2.05. The summed E-state index contributed by atoms with van der Waals surface area (Å²) in [6, 6.07) is 9.86. The van der Waals surface area contributed by atoms with Gasteiger partial charge in [-0.05, 0) is 43.8 Å². The summed E-state index contributed by atoms with van der Waals surface area (Å²) in [7, 11) is 1.82. The van der Waals surface area contributed by atoms with Crippen LogP contribution in [0.15, 0.2) is 36.4 Å². The summed E-state index contributed by atoms with van der Waals surface area (Å²) in [5, 5.41) is 3.68. The Kier molecular flexibility index (Phi) is 4.86. The fraction of sp³-hybridized carbons (Fsp3) is 0.200. The molecule has 0 saturated heterocycles. The summed E-state index contributed by atoms with van der Waals surface area (Å²) >= 11 is 11.9. The molecule has 0 aromatic heterocycles. The van der Waals surface area contributed by atoms with E-state index in [2.05, 4.69) is 5.32 Å². The van der Waals surface area contributed by atoms with Gasteiger partial charge in [0, 0.05) is 6.04 Å². The lowest BCUT2D eigenvalue weighted by Crippen LogP contribution is -2.12. The Labute approximate surface area is 127 Å². The first-order valence-corrected chi connectivity index (χ1v) is 6.87. The summed E-state index contributed by atoms with van der Waals surface area (Å²) in [5.41, 5.74) is 0.842. The Hall–Kier alpha value is -1.29. The SMILES string of the molecule is CNC(C)c1ccc(Oc2cccc(Cl)c2Cl)c(F)c1. The second-order valence-electron chi connectivity index (χ2n) is 4.35. The highest BCUT2D eigenvalue weighted by atomic mass is 35.5. The molecule has 0 heterocycles. The minimum atomic E-state index is -0.444. The van der Waals surface area contributed by atoms with Gasteiger partial charge in [-0.1, -0.05) is 35.3 Å². The summed E-state index contributed by atoms with van der Waals surface area (Å²) in [6.45, 7) is 1.95. The van der Waals surface area contributed by atoms with Crippen molar-refractivity contribution >= 4 is 23.2 Å². The van der Waals surface area contributed by atoms with Crippen molar-refractivity contribution < 1.29 is 9.13 Å². The van der Waals surface area contributed by atoms with Crippen LogP contribution in [0.4, 0.5) is 4.39 Å². The third-order valence-electron chi connectivity index (χ3n) is 3.03. The maximum atomic E-state index is 14.0. The van der Waals surface area contributed by atoms with Crippen LogP contribution in [0.25, 0.3) is 0 Å². The number of nitrogens with one attached hydrogen (secondary N) is 1. The average molecular weight is 314 g/mol. The third kappa shape index (κ3) is 3.23. The molecular weight excluding hydrogens is 300 g/mol. The van der Waals surface area contributed by atoms with E-state index in [1.807, 2.05) is 14.0 Å². The fourth-order valence-electron chi connectivity index (χ4n) is 1.72. The van der Waals surface area contributed by atoms with Gasteiger partial charge in [0.2, 0.25) is 0 Å². The maximum Gasteiger partial charge on any atom is 0.166 e. The van der Waals surface area contributed by atoms with Gasteiger partial charge in [0.1, 0.15) is 10.8 Å². The summed E-state index contributed by atoms with van der Waals surface area (Å²) in [4.78, 5) is 0. The van der Waals surface area contributed by atoms with E-state index in [-0.39, 0.29) is 16.8 Å². The van der Waals surface area contributed by atoms with Crippen LogP contribution in [-0.2, 0) is 0 Å². The molecule has 0 amide bonds. The molecule has 0 radical (unpaired) electrons. The first-order chi connectivity index (χ1) is 9.52. The predicted octanol–water partition coefficient (Wildman–Crippen LogP) is 5.21. The molecular formula is C15H14Cl2FNO. The van der Waals surface area contributed by atoms with Gasteiger partial charge in [0.05, 0.1) is 5.02 Å². The van der Waals surface area contributed by atoms with Crippen LogP contribution in [0.1, 0.15) is 18.5 Å². The quantitative estimate of drug-likeness (QED) is 0.837. The monoisotopic (exact) mass is 313 g/mol. The van der Waals surface area contributed by atoms with Gasteiger partial charge in [-0.2, -0.15) is 0 Å². The molecule has 2 nitrogen and oxygen atoms in total. The molecule has 1 unspecified atom stereocenters. The maximum absolute atomic E-state index is 14.0. The number of benzene rings is 2. The van der Waals surface area contributed by atoms with E-state index >= 15 is 0 Å². The molecule has 1 N–H and O–H groups in total. The molecule has 5 heteroatoms. The van der Waals surface area contributed by atoms with Crippen LogP contribution >= 0.6 is 23.2 Å². The topological polar surface area (TPSA) is 21.3 Å². The van der Waals surface area contributed by atoms with Crippen molar-refractivity contribution in [3.63, 3.8) is 0 Å². The molecule has 2 rings (SSSR count). The Morgan fingerprint density at radius 3 is 2.55 bits per heavy atom.